The van der Waals surface area contributed by atoms with Gasteiger partial charge >= 0.3 is 0 Å². The molecule has 0 heterocycles. The van der Waals surface area contributed by atoms with Crippen molar-refractivity contribution >= 4 is 38.8 Å². The molecule has 0 bridgehead atoms. The van der Waals surface area contributed by atoms with Crippen LogP contribution >= 0.6 is 0 Å². The fourth-order valence-electron chi connectivity index (χ4n) is 6.35. The van der Waals surface area contributed by atoms with Gasteiger partial charge in [0.25, 0.3) is 0 Å². The molecule has 0 aliphatic carbocycles. The molecule has 4 aromatic carbocycles. The highest BCUT2D eigenvalue weighted by atomic mass is 28.4. The highest BCUT2D eigenvalue weighted by molar-refractivity contribution is 6.92. The Morgan fingerprint density at radius 2 is 0.596 bits per heavy atom. The second kappa shape index (κ2) is 18.1. The van der Waals surface area contributed by atoms with Crippen LogP contribution in [0.15, 0.2) is 72.8 Å². The van der Waals surface area contributed by atoms with E-state index in [1.807, 2.05) is 27.7 Å². The molecule has 0 N–H and O–H groups in total. The van der Waals surface area contributed by atoms with Gasteiger partial charge in [-0.1, -0.05) is 52.0 Å². The summed E-state index contributed by atoms with van der Waals surface area (Å²) in [5.74, 6) is 3.55. The monoisotopic (exact) mass is 670 g/mol. The van der Waals surface area contributed by atoms with Gasteiger partial charge in [-0.3, -0.25) is 0 Å². The van der Waals surface area contributed by atoms with Crippen LogP contribution in [0.2, 0.25) is 0 Å². The zero-order valence-corrected chi connectivity index (χ0v) is 32.1. The number of aryl methyl sites for hydroxylation is 4. The van der Waals surface area contributed by atoms with Crippen molar-refractivity contribution in [3.05, 3.63) is 95.1 Å². The third-order valence-electron chi connectivity index (χ3n) is 8.64. The summed E-state index contributed by atoms with van der Waals surface area (Å²) < 4.78 is 32.4. The van der Waals surface area contributed by atoms with Gasteiger partial charge < -0.3 is 23.1 Å². The van der Waals surface area contributed by atoms with Crippen molar-refractivity contribution in [2.75, 3.05) is 26.4 Å². The first-order chi connectivity index (χ1) is 22.9. The van der Waals surface area contributed by atoms with Crippen molar-refractivity contribution in [1.29, 1.82) is 0 Å². The third kappa shape index (κ3) is 8.89. The van der Waals surface area contributed by atoms with Gasteiger partial charge in [0.15, 0.2) is 0 Å². The van der Waals surface area contributed by atoms with Crippen LogP contribution in [-0.2, 0) is 29.8 Å². The molecule has 0 aromatic heterocycles. The van der Waals surface area contributed by atoms with Gasteiger partial charge in [0.2, 0.25) is 18.1 Å². The lowest BCUT2D eigenvalue weighted by Gasteiger charge is -2.30. The zero-order valence-electron chi connectivity index (χ0n) is 29.8. The first-order valence-corrected chi connectivity index (χ1v) is 20.9. The Morgan fingerprint density at radius 1 is 0.362 bits per heavy atom. The lowest BCUT2D eigenvalue weighted by atomic mass is 10.1. The summed E-state index contributed by atoms with van der Waals surface area (Å²) in [5.41, 5.74) is 5.22. The van der Waals surface area contributed by atoms with Crippen molar-refractivity contribution in [3.8, 4) is 23.0 Å². The Kier molecular flexibility index (Phi) is 14.0. The zero-order chi connectivity index (χ0) is 33.8. The first kappa shape index (κ1) is 36.3. The number of rotatable bonds is 18. The van der Waals surface area contributed by atoms with E-state index < -0.39 is 18.1 Å². The van der Waals surface area contributed by atoms with Gasteiger partial charge in [-0.25, -0.2) is 0 Å². The Bertz CT molecular complexity index is 1360. The SMILES string of the molecule is CCOc1ccc(CC)c([SiH](O[SiH](c2cc(OCC)ccc2CC)c2cc(OCC)ccc2CC)c2cc(OCC)ccc2CC)c1. The summed E-state index contributed by atoms with van der Waals surface area (Å²) in [7, 11) is -4.75. The molecule has 0 amide bonds. The maximum absolute atomic E-state index is 7.95. The second-order valence-corrected chi connectivity index (χ2v) is 16.6. The van der Waals surface area contributed by atoms with E-state index in [4.69, 9.17) is 23.1 Å². The van der Waals surface area contributed by atoms with Crippen LogP contribution in [0.1, 0.15) is 77.6 Å². The van der Waals surface area contributed by atoms with Crippen molar-refractivity contribution in [3.63, 3.8) is 0 Å². The van der Waals surface area contributed by atoms with E-state index >= 15 is 0 Å². The largest absolute Gasteiger partial charge is 0.494 e. The molecule has 0 radical (unpaired) electrons. The van der Waals surface area contributed by atoms with Gasteiger partial charge in [0.1, 0.15) is 23.0 Å². The van der Waals surface area contributed by atoms with Crippen molar-refractivity contribution in [2.45, 2.75) is 81.1 Å². The summed E-state index contributed by atoms with van der Waals surface area (Å²) in [6.45, 7) is 19.6. The van der Waals surface area contributed by atoms with Gasteiger partial charge in [0.05, 0.1) is 26.4 Å². The van der Waals surface area contributed by atoms with Crippen LogP contribution in [0.25, 0.3) is 0 Å². The van der Waals surface area contributed by atoms with Crippen molar-refractivity contribution < 1.29 is 23.1 Å². The lowest BCUT2D eigenvalue weighted by molar-refractivity contribution is 0.340. The molecule has 47 heavy (non-hydrogen) atoms. The van der Waals surface area contributed by atoms with Crippen molar-refractivity contribution in [1.82, 2.24) is 0 Å². The molecular weight excluding hydrogens is 617 g/mol. The average Bonchev–Trinajstić information content (AvgIpc) is 3.09. The van der Waals surface area contributed by atoms with Crippen LogP contribution in [0.4, 0.5) is 0 Å². The molecule has 4 rings (SSSR count). The summed E-state index contributed by atoms with van der Waals surface area (Å²) in [5, 5.41) is 5.10. The quantitative estimate of drug-likeness (QED) is 0.123. The maximum atomic E-state index is 7.95. The van der Waals surface area contributed by atoms with Crippen LogP contribution in [0.5, 0.6) is 23.0 Å². The fraction of sp³-hybridized carbons (Fsp3) is 0.400. The summed E-state index contributed by atoms with van der Waals surface area (Å²) >= 11 is 0. The van der Waals surface area contributed by atoms with E-state index in [-0.39, 0.29) is 0 Å². The molecule has 0 saturated carbocycles. The van der Waals surface area contributed by atoms with E-state index in [1.165, 1.54) is 43.0 Å². The van der Waals surface area contributed by atoms with Gasteiger partial charge in [-0.15, -0.1) is 0 Å². The maximum Gasteiger partial charge on any atom is 0.229 e. The molecule has 0 saturated heterocycles. The minimum absolute atomic E-state index is 0.615. The molecule has 0 fully saturated rings. The molecule has 252 valence electrons. The van der Waals surface area contributed by atoms with E-state index in [0.717, 1.165) is 48.7 Å². The predicted octanol–water partition coefficient (Wildman–Crippen LogP) is 5.92. The standard InChI is InChI=1S/C40H54O5Si2/c1-9-29-17-21-33(41-13-5)25-37(29)46(38-26-34(42-14-6)22-18-30(38)10-2)45-47(39-27-35(43-15-7)23-19-31(39)11-3)40-28-36(44-16-8)24-20-32(40)12-4/h17-28,46-47H,9-16H2,1-8H3. The fourth-order valence-corrected chi connectivity index (χ4v) is 14.3. The number of benzene rings is 4. The number of ether oxygens (including phenoxy) is 4. The Morgan fingerprint density at radius 3 is 0.787 bits per heavy atom. The number of hydrogen-bond acceptors (Lipinski definition) is 5. The van der Waals surface area contributed by atoms with E-state index in [9.17, 15) is 0 Å². The highest BCUT2D eigenvalue weighted by Crippen LogP contribution is 2.20. The van der Waals surface area contributed by atoms with Crippen LogP contribution in [0.3, 0.4) is 0 Å². The molecule has 0 unspecified atom stereocenters. The number of hydrogen-bond donors (Lipinski definition) is 0. The molecule has 0 aliphatic rings. The van der Waals surface area contributed by atoms with E-state index in [0.29, 0.717) is 26.4 Å². The highest BCUT2D eigenvalue weighted by Gasteiger charge is 2.32. The van der Waals surface area contributed by atoms with Crippen molar-refractivity contribution in [2.24, 2.45) is 0 Å². The smallest absolute Gasteiger partial charge is 0.229 e. The predicted molar refractivity (Wildman–Crippen MR) is 202 cm³/mol. The van der Waals surface area contributed by atoms with Crippen LogP contribution in [-0.4, -0.2) is 44.5 Å². The van der Waals surface area contributed by atoms with Crippen LogP contribution < -0.4 is 39.7 Å². The molecule has 0 atom stereocenters. The normalized spacial score (nSPS) is 11.3. The Balaban J connectivity index is 2.07. The molecule has 4 aromatic rings. The molecule has 5 nitrogen and oxygen atoms in total. The van der Waals surface area contributed by atoms with Gasteiger partial charge in [-0.2, -0.15) is 0 Å². The summed E-state index contributed by atoms with van der Waals surface area (Å²) in [6.07, 6.45) is 3.64. The average molecular weight is 671 g/mol. The van der Waals surface area contributed by atoms with Gasteiger partial charge in [-0.05, 0) is 145 Å². The molecule has 0 aliphatic heterocycles. The van der Waals surface area contributed by atoms with E-state index in [2.05, 4.69) is 100 Å². The minimum atomic E-state index is -2.37. The topological polar surface area (TPSA) is 46.2 Å². The van der Waals surface area contributed by atoms with Gasteiger partial charge in [0, 0.05) is 0 Å². The van der Waals surface area contributed by atoms with Crippen LogP contribution in [0, 0.1) is 0 Å². The summed E-state index contributed by atoms with van der Waals surface area (Å²) in [4.78, 5) is 0. The third-order valence-corrected chi connectivity index (χ3v) is 15.2. The summed E-state index contributed by atoms with van der Waals surface area (Å²) in [6, 6.07) is 26.4. The molecular formula is C40H54O5Si2. The van der Waals surface area contributed by atoms with E-state index in [1.54, 1.807) is 0 Å². The molecule has 0 spiro atoms. The minimum Gasteiger partial charge on any atom is -0.494 e. The Labute approximate surface area is 286 Å². The first-order valence-electron chi connectivity index (χ1n) is 17.6. The second-order valence-electron chi connectivity index (χ2n) is 11.5. The Hall–Kier alpha value is -3.53. The molecule has 7 heteroatoms. The lowest BCUT2D eigenvalue weighted by Crippen LogP contribution is -2.58.